The average Bonchev–Trinajstić information content (AvgIpc) is 3.07. The quantitative estimate of drug-likeness (QED) is 0.731. The second-order valence-electron chi connectivity index (χ2n) is 7.42. The number of imidazole rings is 1. The number of carbonyl (C=O) groups excluding carboxylic acids is 1. The number of benzene rings is 2. The van der Waals surface area contributed by atoms with Crippen molar-refractivity contribution >= 4 is 16.8 Å². The van der Waals surface area contributed by atoms with Gasteiger partial charge in [0.1, 0.15) is 0 Å². The molecular weight excluding hydrogens is 338 g/mol. The number of ketones is 1. The summed E-state index contributed by atoms with van der Waals surface area (Å²) in [7, 11) is 0. The fraction of sp³-hybridized carbons (Fsp3) is 0.364. The van der Waals surface area contributed by atoms with E-state index in [0.29, 0.717) is 6.42 Å². The number of piperidine rings is 1. The Balaban J connectivity index is 1.60. The molecule has 0 saturated carbocycles. The maximum absolute atomic E-state index is 12.7. The summed E-state index contributed by atoms with van der Waals surface area (Å²) in [6, 6.07) is 14.3. The Morgan fingerprint density at radius 2 is 2.07 bits per heavy atom. The Kier molecular flexibility index (Phi) is 5.05. The standard InChI is InChI=1S/C22H25N3O2/c1-15-7-9-16(10-8-15)18-4-2-5-19-22(18)25(14-24-19)13-17(26)12-20-21(27)6-3-11-23-20/h2,4-5,7-10,14,20-21,23,27H,3,6,11-13H2,1H3/t20-,21+/m1/s1. The maximum Gasteiger partial charge on any atom is 0.154 e. The van der Waals surface area contributed by atoms with Crippen LogP contribution < -0.4 is 5.32 Å². The SMILES string of the molecule is Cc1ccc(-c2cccc3ncn(CC(=O)C[C@H]4NCCC[C@@H]4O)c23)cc1. The molecule has 5 heteroatoms. The lowest BCUT2D eigenvalue weighted by molar-refractivity contribution is -0.121. The van der Waals surface area contributed by atoms with Gasteiger partial charge in [-0.05, 0) is 37.9 Å². The van der Waals surface area contributed by atoms with Crippen LogP contribution in [0.5, 0.6) is 0 Å². The van der Waals surface area contributed by atoms with E-state index in [9.17, 15) is 9.90 Å². The van der Waals surface area contributed by atoms with Gasteiger partial charge in [0, 0.05) is 18.0 Å². The lowest BCUT2D eigenvalue weighted by Crippen LogP contribution is -2.46. The fourth-order valence-corrected chi connectivity index (χ4v) is 3.86. The molecule has 0 bridgehead atoms. The van der Waals surface area contributed by atoms with Crippen LogP contribution in [0.3, 0.4) is 0 Å². The number of aryl methyl sites for hydroxylation is 1. The minimum absolute atomic E-state index is 0.103. The van der Waals surface area contributed by atoms with Crippen LogP contribution in [0, 0.1) is 6.92 Å². The number of hydrogen-bond donors (Lipinski definition) is 2. The minimum Gasteiger partial charge on any atom is -0.391 e. The van der Waals surface area contributed by atoms with Crippen LogP contribution in [0.15, 0.2) is 48.8 Å². The van der Waals surface area contributed by atoms with Crippen molar-refractivity contribution in [1.82, 2.24) is 14.9 Å². The van der Waals surface area contributed by atoms with E-state index in [1.54, 1.807) is 6.33 Å². The second-order valence-corrected chi connectivity index (χ2v) is 7.42. The van der Waals surface area contributed by atoms with Crippen molar-refractivity contribution < 1.29 is 9.90 Å². The monoisotopic (exact) mass is 363 g/mol. The number of aliphatic hydroxyl groups excluding tert-OH is 1. The molecule has 1 aliphatic rings. The average molecular weight is 363 g/mol. The van der Waals surface area contributed by atoms with Gasteiger partial charge in [-0.15, -0.1) is 0 Å². The molecule has 2 aromatic carbocycles. The van der Waals surface area contributed by atoms with Crippen molar-refractivity contribution in [2.24, 2.45) is 0 Å². The summed E-state index contributed by atoms with van der Waals surface area (Å²) < 4.78 is 1.93. The third-order valence-corrected chi connectivity index (χ3v) is 5.34. The van der Waals surface area contributed by atoms with E-state index >= 15 is 0 Å². The number of nitrogens with one attached hydrogen (secondary N) is 1. The molecule has 0 radical (unpaired) electrons. The smallest absolute Gasteiger partial charge is 0.154 e. The molecule has 4 rings (SSSR count). The van der Waals surface area contributed by atoms with Crippen molar-refractivity contribution in [3.63, 3.8) is 0 Å². The van der Waals surface area contributed by atoms with Crippen LogP contribution >= 0.6 is 0 Å². The number of para-hydroxylation sites is 1. The first-order valence-corrected chi connectivity index (χ1v) is 9.56. The lowest BCUT2D eigenvalue weighted by Gasteiger charge is -2.28. The maximum atomic E-state index is 12.7. The molecule has 0 unspecified atom stereocenters. The van der Waals surface area contributed by atoms with Gasteiger partial charge in [-0.3, -0.25) is 4.79 Å². The zero-order chi connectivity index (χ0) is 18.8. The van der Waals surface area contributed by atoms with Crippen LogP contribution in [-0.4, -0.2) is 39.1 Å². The Hall–Kier alpha value is -2.50. The molecule has 1 fully saturated rings. The molecule has 0 spiro atoms. The number of nitrogens with zero attached hydrogens (tertiary/aromatic N) is 2. The van der Waals surface area contributed by atoms with E-state index in [0.717, 1.165) is 41.5 Å². The third kappa shape index (κ3) is 3.80. The van der Waals surface area contributed by atoms with Gasteiger partial charge in [0.15, 0.2) is 5.78 Å². The van der Waals surface area contributed by atoms with Gasteiger partial charge in [0.2, 0.25) is 0 Å². The summed E-state index contributed by atoms with van der Waals surface area (Å²) >= 11 is 0. The predicted molar refractivity (Wildman–Crippen MR) is 107 cm³/mol. The van der Waals surface area contributed by atoms with Crippen molar-refractivity contribution in [3.8, 4) is 11.1 Å². The van der Waals surface area contributed by atoms with Gasteiger partial charge in [0.05, 0.1) is 30.0 Å². The van der Waals surface area contributed by atoms with E-state index in [1.807, 2.05) is 16.7 Å². The van der Waals surface area contributed by atoms with Crippen LogP contribution in [0.2, 0.25) is 0 Å². The Labute approximate surface area is 159 Å². The number of rotatable bonds is 5. The molecule has 2 heterocycles. The highest BCUT2D eigenvalue weighted by molar-refractivity contribution is 5.93. The fourth-order valence-electron chi connectivity index (χ4n) is 3.86. The molecule has 1 aliphatic heterocycles. The third-order valence-electron chi connectivity index (χ3n) is 5.34. The summed E-state index contributed by atoms with van der Waals surface area (Å²) in [5.74, 6) is 0.103. The largest absolute Gasteiger partial charge is 0.391 e. The topological polar surface area (TPSA) is 67.2 Å². The number of aliphatic hydroxyl groups is 1. The molecule has 5 nitrogen and oxygen atoms in total. The molecule has 140 valence electrons. The highest BCUT2D eigenvalue weighted by atomic mass is 16.3. The molecule has 0 amide bonds. The summed E-state index contributed by atoms with van der Waals surface area (Å²) in [5, 5.41) is 13.4. The Bertz CT molecular complexity index is 946. The van der Waals surface area contributed by atoms with Crippen molar-refractivity contribution in [2.45, 2.75) is 44.9 Å². The number of carbonyl (C=O) groups is 1. The zero-order valence-corrected chi connectivity index (χ0v) is 15.6. The van der Waals surface area contributed by atoms with Crippen molar-refractivity contribution in [3.05, 3.63) is 54.4 Å². The summed E-state index contributed by atoms with van der Waals surface area (Å²) in [6.45, 7) is 3.20. The molecule has 1 aromatic heterocycles. The summed E-state index contributed by atoms with van der Waals surface area (Å²) in [4.78, 5) is 17.1. The first-order valence-electron chi connectivity index (χ1n) is 9.56. The van der Waals surface area contributed by atoms with Gasteiger partial charge in [-0.1, -0.05) is 42.0 Å². The molecule has 2 atom stereocenters. The van der Waals surface area contributed by atoms with Crippen LogP contribution in [0.4, 0.5) is 0 Å². The minimum atomic E-state index is -0.439. The predicted octanol–water partition coefficient (Wildman–Crippen LogP) is 3.08. The molecule has 0 aliphatic carbocycles. The van der Waals surface area contributed by atoms with Gasteiger partial charge in [0.25, 0.3) is 0 Å². The van der Waals surface area contributed by atoms with Crippen LogP contribution in [0.25, 0.3) is 22.2 Å². The van der Waals surface area contributed by atoms with Crippen molar-refractivity contribution in [2.75, 3.05) is 6.54 Å². The molecule has 27 heavy (non-hydrogen) atoms. The number of fused-ring (bicyclic) bond motifs is 1. The number of hydrogen-bond acceptors (Lipinski definition) is 4. The van der Waals surface area contributed by atoms with Crippen molar-refractivity contribution in [1.29, 1.82) is 0 Å². The Morgan fingerprint density at radius 1 is 1.26 bits per heavy atom. The second kappa shape index (κ2) is 7.62. The normalized spacial score (nSPS) is 20.1. The molecule has 1 saturated heterocycles. The van der Waals surface area contributed by atoms with Crippen LogP contribution in [0.1, 0.15) is 24.8 Å². The van der Waals surface area contributed by atoms with E-state index in [2.05, 4.69) is 47.6 Å². The van der Waals surface area contributed by atoms with E-state index in [1.165, 1.54) is 5.56 Å². The van der Waals surface area contributed by atoms with Gasteiger partial charge in [-0.2, -0.15) is 0 Å². The lowest BCUT2D eigenvalue weighted by atomic mass is 9.97. The highest BCUT2D eigenvalue weighted by Gasteiger charge is 2.25. The molecular formula is C22H25N3O2. The van der Waals surface area contributed by atoms with Crippen LogP contribution in [-0.2, 0) is 11.3 Å². The highest BCUT2D eigenvalue weighted by Crippen LogP contribution is 2.28. The van der Waals surface area contributed by atoms with E-state index in [4.69, 9.17) is 0 Å². The first-order chi connectivity index (χ1) is 13.1. The molecule has 2 N–H and O–H groups in total. The van der Waals surface area contributed by atoms with E-state index in [-0.39, 0.29) is 18.4 Å². The number of Topliss-reactive ketones (excluding diaryl/α,β-unsaturated/α-hetero) is 1. The summed E-state index contributed by atoms with van der Waals surface area (Å²) in [5.41, 5.74) is 5.27. The zero-order valence-electron chi connectivity index (χ0n) is 15.6. The van der Waals surface area contributed by atoms with Gasteiger partial charge < -0.3 is 15.0 Å². The van der Waals surface area contributed by atoms with Gasteiger partial charge in [-0.25, -0.2) is 4.98 Å². The number of aromatic nitrogens is 2. The molecule has 3 aromatic rings. The van der Waals surface area contributed by atoms with E-state index < -0.39 is 6.10 Å². The first kappa shape index (κ1) is 17.9. The summed E-state index contributed by atoms with van der Waals surface area (Å²) in [6.07, 6.45) is 3.36. The Morgan fingerprint density at radius 3 is 2.85 bits per heavy atom. The van der Waals surface area contributed by atoms with Gasteiger partial charge >= 0.3 is 0 Å².